The maximum absolute atomic E-state index is 6.06. The van der Waals surface area contributed by atoms with Gasteiger partial charge in [0.2, 0.25) is 0 Å². The number of hydrogen-bond donors (Lipinski definition) is 0. The van der Waals surface area contributed by atoms with Crippen LogP contribution in [0.15, 0.2) is 24.3 Å². The molecule has 13 heavy (non-hydrogen) atoms. The average molecular weight is 199 g/mol. The van der Waals surface area contributed by atoms with Gasteiger partial charge in [-0.15, -0.1) is 0 Å². The minimum Gasteiger partial charge on any atom is -0.375 e. The molecule has 1 saturated heterocycles. The average Bonchev–Trinajstić information content (AvgIpc) is 2.07. The Labute approximate surface area is 82.4 Å². The van der Waals surface area contributed by atoms with Crippen molar-refractivity contribution in [1.82, 2.24) is 0 Å². The fourth-order valence-electron chi connectivity index (χ4n) is 1.50. The molecule has 1 heterocycles. The molecule has 1 aliphatic rings. The van der Waals surface area contributed by atoms with Gasteiger partial charge in [-0.3, -0.25) is 0 Å². The van der Waals surface area contributed by atoms with Crippen molar-refractivity contribution in [1.29, 1.82) is 0 Å². The van der Waals surface area contributed by atoms with Gasteiger partial charge in [0.15, 0.2) is 0 Å². The fraction of sp³-hybridized carbons (Fsp3) is 0.400. The van der Waals surface area contributed by atoms with E-state index >= 15 is 0 Å². The van der Waals surface area contributed by atoms with Crippen LogP contribution in [0.4, 0.5) is 0 Å². The van der Waals surface area contributed by atoms with E-state index in [1.54, 1.807) is 7.11 Å². The van der Waals surface area contributed by atoms with Gasteiger partial charge in [-0.05, 0) is 6.07 Å². The zero-order valence-electron chi connectivity index (χ0n) is 7.42. The minimum atomic E-state index is -0.307. The Morgan fingerprint density at radius 2 is 2.08 bits per heavy atom. The van der Waals surface area contributed by atoms with Crippen molar-refractivity contribution in [3.05, 3.63) is 34.9 Å². The van der Waals surface area contributed by atoms with Crippen LogP contribution in [0.3, 0.4) is 0 Å². The summed E-state index contributed by atoms with van der Waals surface area (Å²) < 4.78 is 10.6. The summed E-state index contributed by atoms with van der Waals surface area (Å²) >= 11 is 6.06. The lowest BCUT2D eigenvalue weighted by Gasteiger charge is -2.40. The zero-order valence-corrected chi connectivity index (χ0v) is 8.17. The summed E-state index contributed by atoms with van der Waals surface area (Å²) in [5, 5.41) is 0.743. The molecule has 0 N–H and O–H groups in total. The molecule has 0 aromatic heterocycles. The third-order valence-corrected chi connectivity index (χ3v) is 2.76. The summed E-state index contributed by atoms with van der Waals surface area (Å²) in [4.78, 5) is 0. The molecule has 1 aliphatic heterocycles. The Bertz CT molecular complexity index is 302. The predicted octanol–water partition coefficient (Wildman–Crippen LogP) is 2.21. The van der Waals surface area contributed by atoms with E-state index in [0.29, 0.717) is 13.2 Å². The van der Waals surface area contributed by atoms with Gasteiger partial charge in [0, 0.05) is 17.7 Å². The van der Waals surface area contributed by atoms with Crippen molar-refractivity contribution >= 4 is 11.6 Å². The van der Waals surface area contributed by atoms with Crippen LogP contribution in [0.1, 0.15) is 5.56 Å². The number of methoxy groups -OCH3 is 1. The van der Waals surface area contributed by atoms with Crippen LogP contribution in [0, 0.1) is 0 Å². The predicted molar refractivity (Wildman–Crippen MR) is 51.0 cm³/mol. The highest BCUT2D eigenvalue weighted by atomic mass is 35.5. The lowest BCUT2D eigenvalue weighted by molar-refractivity contribution is -0.202. The van der Waals surface area contributed by atoms with Gasteiger partial charge < -0.3 is 9.47 Å². The van der Waals surface area contributed by atoms with Crippen LogP contribution in [0.25, 0.3) is 0 Å². The van der Waals surface area contributed by atoms with E-state index in [2.05, 4.69) is 0 Å². The molecule has 0 spiro atoms. The van der Waals surface area contributed by atoms with Crippen molar-refractivity contribution in [2.24, 2.45) is 0 Å². The summed E-state index contributed by atoms with van der Waals surface area (Å²) in [6.45, 7) is 1.18. The highest BCUT2D eigenvalue weighted by Gasteiger charge is 2.41. The molecule has 2 rings (SSSR count). The van der Waals surface area contributed by atoms with Gasteiger partial charge >= 0.3 is 0 Å². The van der Waals surface area contributed by atoms with Crippen LogP contribution >= 0.6 is 11.6 Å². The van der Waals surface area contributed by atoms with Crippen LogP contribution in [0.2, 0.25) is 5.02 Å². The summed E-state index contributed by atoms with van der Waals surface area (Å²) in [5.41, 5.74) is 0.712. The molecule has 1 aromatic carbocycles. The Morgan fingerprint density at radius 3 is 2.54 bits per heavy atom. The molecule has 1 aromatic rings. The van der Waals surface area contributed by atoms with Crippen molar-refractivity contribution in [2.75, 3.05) is 20.3 Å². The molecule has 0 radical (unpaired) electrons. The molecule has 0 amide bonds. The zero-order chi connectivity index (χ0) is 9.31. The molecule has 2 nitrogen and oxygen atoms in total. The fourth-order valence-corrected chi connectivity index (χ4v) is 1.81. The first-order valence-corrected chi connectivity index (χ1v) is 4.54. The number of benzene rings is 1. The van der Waals surface area contributed by atoms with Crippen LogP contribution in [-0.2, 0) is 15.1 Å². The van der Waals surface area contributed by atoms with E-state index in [9.17, 15) is 0 Å². The lowest BCUT2D eigenvalue weighted by atomic mass is 9.92. The molecule has 0 unspecified atom stereocenters. The van der Waals surface area contributed by atoms with E-state index in [-0.39, 0.29) is 5.60 Å². The largest absolute Gasteiger partial charge is 0.375 e. The molecule has 3 heteroatoms. The highest BCUT2D eigenvalue weighted by molar-refractivity contribution is 6.31. The number of rotatable bonds is 2. The quantitative estimate of drug-likeness (QED) is 0.726. The molecule has 0 aliphatic carbocycles. The molecule has 0 bridgehead atoms. The Morgan fingerprint density at radius 1 is 1.38 bits per heavy atom. The van der Waals surface area contributed by atoms with Crippen LogP contribution in [0.5, 0.6) is 0 Å². The molecular formula is C10H11ClO2. The van der Waals surface area contributed by atoms with Crippen molar-refractivity contribution < 1.29 is 9.47 Å². The van der Waals surface area contributed by atoms with E-state index in [0.717, 1.165) is 10.6 Å². The third kappa shape index (κ3) is 1.35. The summed E-state index contributed by atoms with van der Waals surface area (Å²) in [7, 11) is 1.69. The number of halogens is 1. The number of ether oxygens (including phenoxy) is 2. The van der Waals surface area contributed by atoms with Gasteiger partial charge in [0.25, 0.3) is 0 Å². The molecule has 1 fully saturated rings. The molecule has 0 saturated carbocycles. The second kappa shape index (κ2) is 3.29. The molecular weight excluding hydrogens is 188 g/mol. The van der Waals surface area contributed by atoms with E-state index < -0.39 is 0 Å². The maximum Gasteiger partial charge on any atom is 0.141 e. The Balaban J connectivity index is 2.38. The minimum absolute atomic E-state index is 0.307. The summed E-state index contributed by atoms with van der Waals surface area (Å²) in [6, 6.07) is 7.72. The first-order chi connectivity index (χ1) is 6.28. The van der Waals surface area contributed by atoms with Gasteiger partial charge in [0.05, 0.1) is 13.2 Å². The summed E-state index contributed by atoms with van der Waals surface area (Å²) in [5.74, 6) is 0. The monoisotopic (exact) mass is 198 g/mol. The van der Waals surface area contributed by atoms with Crippen molar-refractivity contribution in [2.45, 2.75) is 5.60 Å². The smallest absolute Gasteiger partial charge is 0.141 e. The van der Waals surface area contributed by atoms with E-state index in [1.165, 1.54) is 0 Å². The van der Waals surface area contributed by atoms with Gasteiger partial charge in [-0.1, -0.05) is 29.8 Å². The Kier molecular flexibility index (Phi) is 2.28. The van der Waals surface area contributed by atoms with Gasteiger partial charge in [-0.25, -0.2) is 0 Å². The first kappa shape index (κ1) is 9.00. The first-order valence-electron chi connectivity index (χ1n) is 4.16. The molecule has 0 atom stereocenters. The Hall–Kier alpha value is -0.570. The molecule has 70 valence electrons. The number of hydrogen-bond acceptors (Lipinski definition) is 2. The third-order valence-electron chi connectivity index (χ3n) is 2.43. The SMILES string of the molecule is COC1(c2ccccc2Cl)COC1. The van der Waals surface area contributed by atoms with E-state index in [1.807, 2.05) is 24.3 Å². The van der Waals surface area contributed by atoms with Crippen molar-refractivity contribution in [3.63, 3.8) is 0 Å². The van der Waals surface area contributed by atoms with Gasteiger partial charge in [-0.2, -0.15) is 0 Å². The lowest BCUT2D eigenvalue weighted by Crippen LogP contribution is -2.48. The van der Waals surface area contributed by atoms with Crippen LogP contribution < -0.4 is 0 Å². The van der Waals surface area contributed by atoms with Gasteiger partial charge in [0.1, 0.15) is 5.60 Å². The second-order valence-electron chi connectivity index (χ2n) is 3.17. The maximum atomic E-state index is 6.06. The topological polar surface area (TPSA) is 18.5 Å². The van der Waals surface area contributed by atoms with E-state index in [4.69, 9.17) is 21.1 Å². The summed E-state index contributed by atoms with van der Waals surface area (Å²) in [6.07, 6.45) is 0. The van der Waals surface area contributed by atoms with Crippen molar-refractivity contribution in [3.8, 4) is 0 Å². The van der Waals surface area contributed by atoms with Crippen LogP contribution in [-0.4, -0.2) is 20.3 Å². The highest BCUT2D eigenvalue weighted by Crippen LogP contribution is 2.36. The normalized spacial score (nSPS) is 19.5. The second-order valence-corrected chi connectivity index (χ2v) is 3.58. The standard InChI is InChI=1S/C10H11ClO2/c1-12-10(6-13-7-10)8-4-2-3-5-9(8)11/h2-5H,6-7H2,1H3.